The minimum Gasteiger partial charge on any atom is -0.370 e. The standard InChI is InChI=1S/C15H13FN2/c1-18(11-12-5-3-2-4-6-12)14-8-7-13(10-17)15(16)9-14/h2-9H,11H2,1H3. The van der Waals surface area contributed by atoms with Gasteiger partial charge in [0.05, 0.1) is 5.56 Å². The summed E-state index contributed by atoms with van der Waals surface area (Å²) in [6.45, 7) is 0.701. The molecule has 2 aromatic carbocycles. The Hall–Kier alpha value is -2.34. The molecule has 0 saturated heterocycles. The van der Waals surface area contributed by atoms with Gasteiger partial charge in [0.25, 0.3) is 0 Å². The lowest BCUT2D eigenvalue weighted by Gasteiger charge is -2.19. The highest BCUT2D eigenvalue weighted by molar-refractivity contribution is 5.50. The van der Waals surface area contributed by atoms with Gasteiger partial charge in [-0.25, -0.2) is 4.39 Å². The summed E-state index contributed by atoms with van der Waals surface area (Å²) < 4.78 is 13.5. The van der Waals surface area contributed by atoms with Gasteiger partial charge in [0.2, 0.25) is 0 Å². The van der Waals surface area contributed by atoms with E-state index in [1.165, 1.54) is 12.1 Å². The van der Waals surface area contributed by atoms with Crippen molar-refractivity contribution >= 4 is 5.69 Å². The van der Waals surface area contributed by atoms with Crippen molar-refractivity contribution in [3.8, 4) is 6.07 Å². The van der Waals surface area contributed by atoms with Crippen LogP contribution in [0.2, 0.25) is 0 Å². The molecule has 0 fully saturated rings. The van der Waals surface area contributed by atoms with Gasteiger partial charge < -0.3 is 4.90 Å². The second-order valence-corrected chi connectivity index (χ2v) is 4.12. The molecule has 2 nitrogen and oxygen atoms in total. The summed E-state index contributed by atoms with van der Waals surface area (Å²) in [6, 6.07) is 16.4. The maximum Gasteiger partial charge on any atom is 0.143 e. The predicted molar refractivity (Wildman–Crippen MR) is 69.7 cm³/mol. The fraction of sp³-hybridized carbons (Fsp3) is 0.133. The molecule has 0 N–H and O–H groups in total. The summed E-state index contributed by atoms with van der Waals surface area (Å²) >= 11 is 0. The van der Waals surface area contributed by atoms with Crippen LogP contribution in [0.3, 0.4) is 0 Å². The fourth-order valence-corrected chi connectivity index (χ4v) is 1.78. The highest BCUT2D eigenvalue weighted by atomic mass is 19.1. The highest BCUT2D eigenvalue weighted by Gasteiger charge is 2.06. The van der Waals surface area contributed by atoms with Crippen molar-refractivity contribution in [2.45, 2.75) is 6.54 Å². The van der Waals surface area contributed by atoms with E-state index in [1.807, 2.05) is 48.3 Å². The molecule has 0 amide bonds. The Morgan fingerprint density at radius 1 is 1.17 bits per heavy atom. The molecule has 0 radical (unpaired) electrons. The number of nitrogens with zero attached hydrogens (tertiary/aromatic N) is 2. The molecule has 18 heavy (non-hydrogen) atoms. The average molecular weight is 240 g/mol. The van der Waals surface area contributed by atoms with E-state index in [-0.39, 0.29) is 5.56 Å². The van der Waals surface area contributed by atoms with Crippen LogP contribution in [-0.2, 0) is 6.54 Å². The minimum atomic E-state index is -0.477. The number of hydrogen-bond acceptors (Lipinski definition) is 2. The molecule has 90 valence electrons. The molecule has 0 atom stereocenters. The molecule has 0 aliphatic rings. The quantitative estimate of drug-likeness (QED) is 0.822. The van der Waals surface area contributed by atoms with Gasteiger partial charge in [-0.15, -0.1) is 0 Å². The molecular weight excluding hydrogens is 227 g/mol. The number of anilines is 1. The van der Waals surface area contributed by atoms with E-state index in [9.17, 15) is 4.39 Å². The van der Waals surface area contributed by atoms with Gasteiger partial charge in [-0.2, -0.15) is 5.26 Å². The maximum absolute atomic E-state index is 13.5. The largest absolute Gasteiger partial charge is 0.370 e. The molecule has 2 rings (SSSR count). The van der Waals surface area contributed by atoms with Crippen molar-refractivity contribution in [2.75, 3.05) is 11.9 Å². The molecule has 0 aliphatic carbocycles. The molecule has 0 aliphatic heterocycles. The third-order valence-corrected chi connectivity index (χ3v) is 2.78. The van der Waals surface area contributed by atoms with E-state index in [0.717, 1.165) is 11.3 Å². The van der Waals surface area contributed by atoms with Gasteiger partial charge in [0.1, 0.15) is 11.9 Å². The lowest BCUT2D eigenvalue weighted by molar-refractivity contribution is 0.623. The molecular formula is C15H13FN2. The maximum atomic E-state index is 13.5. The summed E-state index contributed by atoms with van der Waals surface area (Å²) in [5.41, 5.74) is 1.99. The zero-order valence-electron chi connectivity index (χ0n) is 10.1. The van der Waals surface area contributed by atoms with E-state index in [2.05, 4.69) is 0 Å². The van der Waals surface area contributed by atoms with Crippen LogP contribution < -0.4 is 4.90 Å². The van der Waals surface area contributed by atoms with Gasteiger partial charge in [0.15, 0.2) is 0 Å². The number of rotatable bonds is 3. The van der Waals surface area contributed by atoms with Crippen molar-refractivity contribution in [3.63, 3.8) is 0 Å². The lowest BCUT2D eigenvalue weighted by atomic mass is 10.1. The first kappa shape index (κ1) is 12.1. The zero-order chi connectivity index (χ0) is 13.0. The monoisotopic (exact) mass is 240 g/mol. The molecule has 2 aromatic rings. The SMILES string of the molecule is CN(Cc1ccccc1)c1ccc(C#N)c(F)c1. The topological polar surface area (TPSA) is 27.0 Å². The zero-order valence-corrected chi connectivity index (χ0v) is 10.1. The van der Waals surface area contributed by atoms with Crippen LogP contribution in [0.5, 0.6) is 0 Å². The fourth-order valence-electron chi connectivity index (χ4n) is 1.78. The number of hydrogen-bond donors (Lipinski definition) is 0. The van der Waals surface area contributed by atoms with Crippen molar-refractivity contribution in [1.82, 2.24) is 0 Å². The normalized spacial score (nSPS) is 9.83. The van der Waals surface area contributed by atoms with Crippen molar-refractivity contribution < 1.29 is 4.39 Å². The van der Waals surface area contributed by atoms with Gasteiger partial charge in [-0.05, 0) is 23.8 Å². The second kappa shape index (κ2) is 5.33. The molecule has 0 aromatic heterocycles. The summed E-state index contributed by atoms with van der Waals surface area (Å²) in [5, 5.41) is 8.68. The molecule has 0 spiro atoms. The van der Waals surface area contributed by atoms with Crippen molar-refractivity contribution in [2.24, 2.45) is 0 Å². The van der Waals surface area contributed by atoms with Crippen LogP contribution in [0.4, 0.5) is 10.1 Å². The summed E-state index contributed by atoms with van der Waals surface area (Å²) in [5.74, 6) is -0.477. The van der Waals surface area contributed by atoms with Crippen molar-refractivity contribution in [1.29, 1.82) is 5.26 Å². The Balaban J connectivity index is 2.17. The number of benzene rings is 2. The summed E-state index contributed by atoms with van der Waals surface area (Å²) in [7, 11) is 1.90. The molecule has 0 saturated carbocycles. The Bertz CT molecular complexity index is 573. The second-order valence-electron chi connectivity index (χ2n) is 4.12. The first-order chi connectivity index (χ1) is 8.70. The number of halogens is 1. The van der Waals surface area contributed by atoms with Gasteiger partial charge in [-0.1, -0.05) is 30.3 Å². The van der Waals surface area contributed by atoms with Crippen LogP contribution >= 0.6 is 0 Å². The minimum absolute atomic E-state index is 0.0758. The van der Waals surface area contributed by atoms with E-state index in [4.69, 9.17) is 5.26 Å². The Morgan fingerprint density at radius 2 is 1.89 bits per heavy atom. The van der Waals surface area contributed by atoms with E-state index >= 15 is 0 Å². The Labute approximate surface area is 106 Å². The van der Waals surface area contributed by atoms with Gasteiger partial charge in [-0.3, -0.25) is 0 Å². The van der Waals surface area contributed by atoms with Crippen LogP contribution in [-0.4, -0.2) is 7.05 Å². The van der Waals surface area contributed by atoms with E-state index in [0.29, 0.717) is 6.54 Å². The molecule has 0 heterocycles. The lowest BCUT2D eigenvalue weighted by Crippen LogP contribution is -2.16. The Kier molecular flexibility index (Phi) is 3.59. The molecule has 0 unspecified atom stereocenters. The first-order valence-corrected chi connectivity index (χ1v) is 5.65. The molecule has 0 bridgehead atoms. The van der Waals surface area contributed by atoms with Crippen LogP contribution in [0.15, 0.2) is 48.5 Å². The smallest absolute Gasteiger partial charge is 0.143 e. The summed E-state index contributed by atoms with van der Waals surface area (Å²) in [4.78, 5) is 1.94. The van der Waals surface area contributed by atoms with Gasteiger partial charge >= 0.3 is 0 Å². The van der Waals surface area contributed by atoms with Crippen LogP contribution in [0.1, 0.15) is 11.1 Å². The van der Waals surface area contributed by atoms with Gasteiger partial charge in [0, 0.05) is 19.3 Å². The summed E-state index contributed by atoms with van der Waals surface area (Å²) in [6.07, 6.45) is 0. The van der Waals surface area contributed by atoms with Crippen LogP contribution in [0.25, 0.3) is 0 Å². The third kappa shape index (κ3) is 2.67. The predicted octanol–water partition coefficient (Wildman–Crippen LogP) is 3.33. The van der Waals surface area contributed by atoms with E-state index < -0.39 is 5.82 Å². The Morgan fingerprint density at radius 3 is 2.50 bits per heavy atom. The highest BCUT2D eigenvalue weighted by Crippen LogP contribution is 2.19. The average Bonchev–Trinajstić information content (AvgIpc) is 2.39. The van der Waals surface area contributed by atoms with Crippen molar-refractivity contribution in [3.05, 3.63) is 65.5 Å². The number of nitriles is 1. The third-order valence-electron chi connectivity index (χ3n) is 2.78. The molecule has 3 heteroatoms. The first-order valence-electron chi connectivity index (χ1n) is 5.65. The van der Waals surface area contributed by atoms with Crippen LogP contribution in [0, 0.1) is 17.1 Å². The van der Waals surface area contributed by atoms with E-state index in [1.54, 1.807) is 6.07 Å².